The summed E-state index contributed by atoms with van der Waals surface area (Å²) < 4.78 is 37.8. The van der Waals surface area contributed by atoms with Gasteiger partial charge in [0.05, 0.1) is 18.5 Å². The summed E-state index contributed by atoms with van der Waals surface area (Å²) in [4.78, 5) is 13.2. The highest BCUT2D eigenvalue weighted by Crippen LogP contribution is 2.34. The number of rotatable bonds is 6. The molecule has 0 saturated heterocycles. The van der Waals surface area contributed by atoms with Crippen LogP contribution in [-0.4, -0.2) is 40.8 Å². The fraction of sp³-hybridized carbons (Fsp3) is 0.318. The van der Waals surface area contributed by atoms with Crippen molar-refractivity contribution in [2.75, 3.05) is 12.4 Å². The molecular formula is C22H25N5O5S. The van der Waals surface area contributed by atoms with Crippen LogP contribution in [0.1, 0.15) is 25.8 Å². The summed E-state index contributed by atoms with van der Waals surface area (Å²) in [5.41, 5.74) is 0.0600. The molecular weight excluding hydrogens is 446 g/mol. The Labute approximate surface area is 191 Å². The maximum absolute atomic E-state index is 13.3. The summed E-state index contributed by atoms with van der Waals surface area (Å²) >= 11 is 0. The summed E-state index contributed by atoms with van der Waals surface area (Å²) in [6, 6.07) is 7.99. The van der Waals surface area contributed by atoms with Crippen LogP contribution in [0.15, 0.2) is 50.6 Å². The number of hydrogen-bond acceptors (Lipinski definition) is 7. The van der Waals surface area contributed by atoms with Crippen molar-refractivity contribution in [3.8, 4) is 22.9 Å². The van der Waals surface area contributed by atoms with Gasteiger partial charge >= 0.3 is 0 Å². The molecule has 4 rings (SSSR count). The first-order valence-corrected chi connectivity index (χ1v) is 11.8. The van der Waals surface area contributed by atoms with Gasteiger partial charge in [0.15, 0.2) is 11.6 Å². The number of hydrogen-bond donors (Lipinski definition) is 2. The van der Waals surface area contributed by atoms with Crippen LogP contribution < -0.4 is 15.6 Å². The number of benzene rings is 1. The second-order valence-corrected chi connectivity index (χ2v) is 9.76. The fourth-order valence-electron chi connectivity index (χ4n) is 3.56. The number of nitrogens with zero attached hydrogens (tertiary/aromatic N) is 4. The number of nitrogens with one attached hydrogen (secondary N) is 1. The maximum Gasteiger partial charge on any atom is 0.286 e. The topological polar surface area (TPSA) is 128 Å². The molecule has 3 aromatic rings. The van der Waals surface area contributed by atoms with E-state index in [1.807, 2.05) is 13.8 Å². The van der Waals surface area contributed by atoms with E-state index in [0.717, 1.165) is 0 Å². The number of anilines is 1. The molecule has 0 bridgehead atoms. The zero-order valence-electron chi connectivity index (χ0n) is 18.7. The van der Waals surface area contributed by atoms with Gasteiger partial charge in [-0.15, -0.1) is 4.40 Å². The van der Waals surface area contributed by atoms with Crippen molar-refractivity contribution in [1.82, 2.24) is 14.3 Å². The number of methoxy groups -OCH3 is 1. The van der Waals surface area contributed by atoms with Crippen LogP contribution in [0.5, 0.6) is 11.5 Å². The van der Waals surface area contributed by atoms with Gasteiger partial charge in [0, 0.05) is 25.9 Å². The Morgan fingerprint density at radius 3 is 2.64 bits per heavy atom. The van der Waals surface area contributed by atoms with Crippen LogP contribution in [0.4, 0.5) is 5.69 Å². The van der Waals surface area contributed by atoms with Crippen LogP contribution in [0.25, 0.3) is 11.4 Å². The minimum Gasteiger partial charge on any atom is -0.505 e. The molecule has 1 aliphatic rings. The lowest BCUT2D eigenvalue weighted by atomic mass is 10.1. The minimum atomic E-state index is -4.16. The standard InChI is InChI=1S/C22H25N5O5S/c1-13(2)9-11-27-22(29)18(20(28)19(24-27)16-6-5-10-26(16)3)21-23-15-8-7-14(32-4)12-17(15)33(30,31)25-21/h5-8,10,12-13,28H,9,11H2,1-4H3,(H,23,25). The van der Waals surface area contributed by atoms with Gasteiger partial charge in [0.2, 0.25) is 0 Å². The number of sulfonamides is 1. The molecule has 11 heteroatoms. The lowest BCUT2D eigenvalue weighted by Crippen LogP contribution is -2.34. The monoisotopic (exact) mass is 471 g/mol. The van der Waals surface area contributed by atoms with Crippen LogP contribution in [0.2, 0.25) is 0 Å². The fourth-order valence-corrected chi connectivity index (χ4v) is 4.70. The largest absolute Gasteiger partial charge is 0.505 e. The van der Waals surface area contributed by atoms with Gasteiger partial charge < -0.3 is 19.7 Å². The highest BCUT2D eigenvalue weighted by atomic mass is 32.2. The number of amidine groups is 1. The van der Waals surface area contributed by atoms with E-state index in [0.29, 0.717) is 30.3 Å². The normalized spacial score (nSPS) is 14.5. The van der Waals surface area contributed by atoms with E-state index in [1.54, 1.807) is 36.0 Å². The summed E-state index contributed by atoms with van der Waals surface area (Å²) in [6.07, 6.45) is 2.45. The van der Waals surface area contributed by atoms with Crippen molar-refractivity contribution in [1.29, 1.82) is 0 Å². The van der Waals surface area contributed by atoms with Crippen LogP contribution in [0.3, 0.4) is 0 Å². The zero-order chi connectivity index (χ0) is 23.9. The van der Waals surface area contributed by atoms with Gasteiger partial charge in [-0.3, -0.25) is 4.79 Å². The molecule has 0 unspecified atom stereocenters. The molecule has 0 amide bonds. The predicted molar refractivity (Wildman–Crippen MR) is 124 cm³/mol. The summed E-state index contributed by atoms with van der Waals surface area (Å²) in [7, 11) is -0.947. The lowest BCUT2D eigenvalue weighted by Gasteiger charge is -2.20. The average molecular weight is 472 g/mol. The van der Waals surface area contributed by atoms with Crippen molar-refractivity contribution in [2.24, 2.45) is 17.4 Å². The van der Waals surface area contributed by atoms with Crippen LogP contribution in [-0.2, 0) is 23.6 Å². The summed E-state index contributed by atoms with van der Waals surface area (Å²) in [5.74, 6) is -0.0410. The third kappa shape index (κ3) is 4.11. The van der Waals surface area contributed by atoms with E-state index in [1.165, 1.54) is 23.9 Å². The van der Waals surface area contributed by atoms with E-state index in [4.69, 9.17) is 4.74 Å². The van der Waals surface area contributed by atoms with Gasteiger partial charge in [-0.05, 0) is 36.6 Å². The Morgan fingerprint density at radius 1 is 1.24 bits per heavy atom. The van der Waals surface area contributed by atoms with Crippen LogP contribution >= 0.6 is 0 Å². The number of aryl methyl sites for hydroxylation is 2. The van der Waals surface area contributed by atoms with Gasteiger partial charge in [-0.1, -0.05) is 13.8 Å². The number of ether oxygens (including phenoxy) is 1. The van der Waals surface area contributed by atoms with Gasteiger partial charge in [-0.2, -0.15) is 13.5 Å². The van der Waals surface area contributed by atoms with Crippen molar-refractivity contribution in [2.45, 2.75) is 31.7 Å². The SMILES string of the molecule is COc1ccc2c(c1)S(=O)(=O)N=C(c1c(O)c(-c3cccn3C)nn(CCC(C)C)c1=O)N2. The Balaban J connectivity index is 1.93. The molecule has 1 aliphatic heterocycles. The Morgan fingerprint density at radius 2 is 2.00 bits per heavy atom. The first-order valence-electron chi connectivity index (χ1n) is 10.4. The van der Waals surface area contributed by atoms with E-state index in [2.05, 4.69) is 14.8 Å². The third-order valence-corrected chi connectivity index (χ3v) is 6.72. The van der Waals surface area contributed by atoms with Gasteiger partial charge in [0.25, 0.3) is 15.6 Å². The molecule has 174 valence electrons. The lowest BCUT2D eigenvalue weighted by molar-refractivity contribution is 0.413. The summed E-state index contributed by atoms with van der Waals surface area (Å²) in [6.45, 7) is 4.35. The van der Waals surface area contributed by atoms with Gasteiger partial charge in [0.1, 0.15) is 21.9 Å². The first kappa shape index (κ1) is 22.6. The Kier molecular flexibility index (Phi) is 5.75. The molecule has 0 atom stereocenters. The molecule has 0 spiro atoms. The highest BCUT2D eigenvalue weighted by Gasteiger charge is 2.31. The molecule has 0 fully saturated rings. The second kappa shape index (κ2) is 8.39. The number of aromatic nitrogens is 3. The predicted octanol–water partition coefficient (Wildman–Crippen LogP) is 2.57. The maximum atomic E-state index is 13.3. The van der Waals surface area contributed by atoms with Crippen molar-refractivity contribution in [3.05, 3.63) is 52.4 Å². The smallest absolute Gasteiger partial charge is 0.286 e. The van der Waals surface area contributed by atoms with Gasteiger partial charge in [-0.25, -0.2) is 4.68 Å². The molecule has 2 aromatic heterocycles. The molecule has 10 nitrogen and oxygen atoms in total. The molecule has 3 heterocycles. The number of aromatic hydroxyl groups is 1. The third-order valence-electron chi connectivity index (χ3n) is 5.40. The molecule has 33 heavy (non-hydrogen) atoms. The van der Waals surface area contributed by atoms with Crippen molar-refractivity contribution < 1.29 is 18.3 Å². The Hall–Kier alpha value is -3.60. The molecule has 1 aromatic carbocycles. The molecule has 0 aliphatic carbocycles. The quantitative estimate of drug-likeness (QED) is 0.565. The summed E-state index contributed by atoms with van der Waals surface area (Å²) in [5, 5.41) is 18.4. The zero-order valence-corrected chi connectivity index (χ0v) is 19.5. The molecule has 2 N–H and O–H groups in total. The number of fused-ring (bicyclic) bond motifs is 1. The highest BCUT2D eigenvalue weighted by molar-refractivity contribution is 7.90. The van der Waals surface area contributed by atoms with Crippen molar-refractivity contribution in [3.63, 3.8) is 0 Å². The van der Waals surface area contributed by atoms with Crippen molar-refractivity contribution >= 4 is 21.5 Å². The van der Waals surface area contributed by atoms with E-state index < -0.39 is 21.3 Å². The molecule has 0 radical (unpaired) electrons. The Bertz CT molecular complexity index is 1420. The first-order chi connectivity index (χ1) is 15.6. The van der Waals surface area contributed by atoms with E-state index in [9.17, 15) is 18.3 Å². The van der Waals surface area contributed by atoms with E-state index in [-0.39, 0.29) is 27.7 Å². The molecule has 0 saturated carbocycles. The second-order valence-electron chi connectivity index (χ2n) is 8.19. The van der Waals surface area contributed by atoms with E-state index >= 15 is 0 Å². The minimum absolute atomic E-state index is 0.0815. The average Bonchev–Trinajstić information content (AvgIpc) is 3.18. The van der Waals surface area contributed by atoms with Crippen LogP contribution in [0, 0.1) is 5.92 Å².